The molecule has 0 atom stereocenters. The number of hydrogen-bond acceptors (Lipinski definition) is 10. The Morgan fingerprint density at radius 2 is 1.65 bits per heavy atom. The van der Waals surface area contributed by atoms with Gasteiger partial charge in [0, 0.05) is 5.38 Å². The molecule has 0 fully saturated rings. The molecule has 146 valence electrons. The van der Waals surface area contributed by atoms with Crippen molar-refractivity contribution < 1.29 is 19.1 Å². The van der Waals surface area contributed by atoms with Gasteiger partial charge in [-0.2, -0.15) is 0 Å². The van der Waals surface area contributed by atoms with Crippen molar-refractivity contribution >= 4 is 56.5 Å². The van der Waals surface area contributed by atoms with Gasteiger partial charge in [0.05, 0.1) is 37.4 Å². The van der Waals surface area contributed by atoms with E-state index >= 15 is 0 Å². The summed E-state index contributed by atoms with van der Waals surface area (Å²) in [7, 11) is 0. The van der Waals surface area contributed by atoms with Gasteiger partial charge >= 0.3 is 11.9 Å². The second kappa shape index (κ2) is 12.4. The van der Waals surface area contributed by atoms with Crippen LogP contribution in [-0.4, -0.2) is 35.1 Å². The number of anilines is 2. The highest BCUT2D eigenvalue weighted by molar-refractivity contribution is 7.19. The zero-order chi connectivity index (χ0) is 18.8. The zero-order valence-corrected chi connectivity index (χ0v) is 16.2. The molecule has 0 aliphatic heterocycles. The Hall–Kier alpha value is -1.91. The Labute approximate surface area is 165 Å². The number of carbonyl (C=O) groups is 2. The zero-order valence-electron chi connectivity index (χ0n) is 13.8. The van der Waals surface area contributed by atoms with Gasteiger partial charge in [0.2, 0.25) is 0 Å². The quantitative estimate of drug-likeness (QED) is 0.679. The first-order chi connectivity index (χ1) is 11.8. The van der Waals surface area contributed by atoms with Crippen LogP contribution in [0.1, 0.15) is 32.7 Å². The van der Waals surface area contributed by atoms with Crippen LogP contribution in [0.2, 0.25) is 4.34 Å². The molecule has 0 amide bonds. The van der Waals surface area contributed by atoms with Gasteiger partial charge in [-0.15, -0.1) is 11.3 Å². The monoisotopic (exact) mass is 422 g/mol. The maximum absolute atomic E-state index is 11.0. The Morgan fingerprint density at radius 3 is 2.08 bits per heavy atom. The topological polar surface area (TPSA) is 130 Å². The first kappa shape index (κ1) is 24.1. The van der Waals surface area contributed by atoms with Crippen LogP contribution < -0.4 is 11.5 Å². The van der Waals surface area contributed by atoms with Crippen molar-refractivity contribution in [2.45, 2.75) is 34.1 Å². The fourth-order valence-electron chi connectivity index (χ4n) is 1.57. The first-order valence-electron chi connectivity index (χ1n) is 7.27. The third-order valence-corrected chi connectivity index (χ3v) is 4.37. The predicted octanol–water partition coefficient (Wildman–Crippen LogP) is 2.95. The van der Waals surface area contributed by atoms with Crippen molar-refractivity contribution in [2.75, 3.05) is 24.7 Å². The average molecular weight is 423 g/mol. The second-order valence-corrected chi connectivity index (χ2v) is 6.94. The van der Waals surface area contributed by atoms with Gasteiger partial charge in [0.15, 0.2) is 10.3 Å². The van der Waals surface area contributed by atoms with Crippen molar-refractivity contribution in [3.63, 3.8) is 0 Å². The molecule has 2 aromatic heterocycles. The number of ether oxygens (including phenoxy) is 2. The Balaban J connectivity index is 0.000000464. The van der Waals surface area contributed by atoms with Crippen LogP contribution in [0.15, 0.2) is 5.38 Å². The molecule has 0 bridgehead atoms. The van der Waals surface area contributed by atoms with Gasteiger partial charge in [-0.1, -0.05) is 30.4 Å². The summed E-state index contributed by atoms with van der Waals surface area (Å²) in [6.45, 7) is 4.27. The summed E-state index contributed by atoms with van der Waals surface area (Å²) in [4.78, 5) is 29.8. The van der Waals surface area contributed by atoms with E-state index in [0.717, 1.165) is 11.3 Å². The van der Waals surface area contributed by atoms with Crippen LogP contribution >= 0.6 is 34.3 Å². The number of nitrogens with two attached hydrogens (primary N) is 2. The maximum atomic E-state index is 11.0. The van der Waals surface area contributed by atoms with Crippen LogP contribution in [-0.2, 0) is 31.9 Å². The van der Waals surface area contributed by atoms with Crippen molar-refractivity contribution in [3.8, 4) is 0 Å². The first-order valence-corrected chi connectivity index (χ1v) is 9.34. The standard InChI is InChI=1S/C7H9ClN2O2S.C7H10N2O2S.CH4/c1-2-12-5(11)3-4-6(8)13-7(9)10-4;1-2-11-6(10)3-5-4-12-7(8)9-5;/h2-3H2,1H3,(H2,9,10);4H,2-3H2,1H3,(H2,8,9);1H4. The number of carbonyl (C=O) groups excluding carboxylic acids is 2. The molecule has 0 saturated carbocycles. The van der Waals surface area contributed by atoms with E-state index in [1.165, 1.54) is 11.3 Å². The van der Waals surface area contributed by atoms with Crippen molar-refractivity contribution in [3.05, 3.63) is 21.1 Å². The fraction of sp³-hybridized carbons (Fsp3) is 0.467. The number of nitrogens with zero attached hydrogens (tertiary/aromatic N) is 2. The Morgan fingerprint density at radius 1 is 1.08 bits per heavy atom. The van der Waals surface area contributed by atoms with E-state index < -0.39 is 0 Å². The third-order valence-electron chi connectivity index (χ3n) is 2.48. The highest BCUT2D eigenvalue weighted by atomic mass is 35.5. The number of hydrogen-bond donors (Lipinski definition) is 2. The SMILES string of the molecule is C.CCOC(=O)Cc1csc(N)n1.CCOC(=O)Cc1nc(N)sc1Cl. The smallest absolute Gasteiger partial charge is 0.311 e. The predicted molar refractivity (Wildman–Crippen MR) is 105 cm³/mol. The van der Waals surface area contributed by atoms with Crippen molar-refractivity contribution in [2.24, 2.45) is 0 Å². The molecule has 2 heterocycles. The number of thiazole rings is 2. The normalized spacial score (nSPS) is 9.50. The van der Waals surface area contributed by atoms with E-state index in [-0.39, 0.29) is 32.2 Å². The van der Waals surface area contributed by atoms with Gasteiger partial charge in [-0.25, -0.2) is 9.97 Å². The molecule has 4 N–H and O–H groups in total. The number of aromatic nitrogens is 2. The minimum Gasteiger partial charge on any atom is -0.466 e. The van der Waals surface area contributed by atoms with E-state index in [2.05, 4.69) is 9.97 Å². The summed E-state index contributed by atoms with van der Waals surface area (Å²) >= 11 is 8.23. The van der Waals surface area contributed by atoms with Crippen molar-refractivity contribution in [1.29, 1.82) is 0 Å². The van der Waals surface area contributed by atoms with E-state index in [1.807, 2.05) is 0 Å². The minimum atomic E-state index is -0.338. The fourth-order valence-corrected chi connectivity index (χ4v) is 3.06. The molecule has 11 heteroatoms. The van der Waals surface area contributed by atoms with Gasteiger partial charge in [0.25, 0.3) is 0 Å². The highest BCUT2D eigenvalue weighted by Crippen LogP contribution is 2.26. The largest absolute Gasteiger partial charge is 0.466 e. The van der Waals surface area contributed by atoms with Crippen LogP contribution in [0.3, 0.4) is 0 Å². The Kier molecular flexibility index (Phi) is 11.5. The van der Waals surface area contributed by atoms with Crippen LogP contribution in [0.5, 0.6) is 0 Å². The van der Waals surface area contributed by atoms with Gasteiger partial charge < -0.3 is 20.9 Å². The van der Waals surface area contributed by atoms with Gasteiger partial charge in [0.1, 0.15) is 4.34 Å². The molecule has 0 unspecified atom stereocenters. The summed E-state index contributed by atoms with van der Waals surface area (Å²) in [6.07, 6.45) is 0.294. The molecule has 0 aliphatic rings. The number of esters is 2. The molecular weight excluding hydrogens is 400 g/mol. The maximum Gasteiger partial charge on any atom is 0.311 e. The molecule has 26 heavy (non-hydrogen) atoms. The number of halogens is 1. The van der Waals surface area contributed by atoms with E-state index in [4.69, 9.17) is 32.5 Å². The van der Waals surface area contributed by atoms with Crippen LogP contribution in [0.4, 0.5) is 10.3 Å². The molecule has 8 nitrogen and oxygen atoms in total. The van der Waals surface area contributed by atoms with E-state index in [0.29, 0.717) is 39.2 Å². The molecule has 0 aliphatic carbocycles. The number of nitrogen functional groups attached to an aromatic ring is 2. The summed E-state index contributed by atoms with van der Waals surface area (Å²) in [5.74, 6) is -0.600. The lowest BCUT2D eigenvalue weighted by atomic mass is 10.3. The molecule has 0 radical (unpaired) electrons. The summed E-state index contributed by atoms with van der Waals surface area (Å²) in [5.41, 5.74) is 11.9. The van der Waals surface area contributed by atoms with E-state index in [1.54, 1.807) is 19.2 Å². The molecule has 2 aromatic rings. The molecule has 0 saturated heterocycles. The highest BCUT2D eigenvalue weighted by Gasteiger charge is 2.12. The molecule has 0 spiro atoms. The summed E-state index contributed by atoms with van der Waals surface area (Å²) in [5, 5.41) is 2.60. The van der Waals surface area contributed by atoms with Crippen LogP contribution in [0, 0.1) is 0 Å². The molecule has 0 aromatic carbocycles. The van der Waals surface area contributed by atoms with Crippen LogP contribution in [0.25, 0.3) is 0 Å². The van der Waals surface area contributed by atoms with Crippen molar-refractivity contribution in [1.82, 2.24) is 9.97 Å². The Bertz CT molecular complexity index is 706. The second-order valence-electron chi connectivity index (χ2n) is 4.41. The third kappa shape index (κ3) is 8.97. The average Bonchev–Trinajstić information content (AvgIpc) is 3.05. The van der Waals surface area contributed by atoms with Gasteiger partial charge in [-0.05, 0) is 13.8 Å². The lowest BCUT2D eigenvalue weighted by Gasteiger charge is -1.98. The lowest BCUT2D eigenvalue weighted by molar-refractivity contribution is -0.143. The minimum absolute atomic E-state index is 0. The molecular formula is C15H23ClN4O4S2. The van der Waals surface area contributed by atoms with Gasteiger partial charge in [-0.3, -0.25) is 9.59 Å². The van der Waals surface area contributed by atoms with E-state index in [9.17, 15) is 9.59 Å². The lowest BCUT2D eigenvalue weighted by Crippen LogP contribution is -2.08. The number of rotatable bonds is 6. The molecule has 2 rings (SSSR count). The summed E-state index contributed by atoms with van der Waals surface area (Å²) < 4.78 is 9.93. The summed E-state index contributed by atoms with van der Waals surface area (Å²) in [6, 6.07) is 0.